The number of quaternary nitrogens is 1. The van der Waals surface area contributed by atoms with Crippen LogP contribution in [-0.2, 0) is 4.79 Å². The summed E-state index contributed by atoms with van der Waals surface area (Å²) in [6.07, 6.45) is 0.960. The minimum Gasteiger partial charge on any atom is -0.349 e. The van der Waals surface area contributed by atoms with E-state index in [1.807, 2.05) is 24.9 Å². The molecule has 1 heterocycles. The summed E-state index contributed by atoms with van der Waals surface area (Å²) in [6, 6.07) is 6.56. The van der Waals surface area contributed by atoms with Gasteiger partial charge >= 0.3 is 0 Å². The molecule has 104 valence electrons. The lowest BCUT2D eigenvalue weighted by Crippen LogP contribution is -2.79. The van der Waals surface area contributed by atoms with Gasteiger partial charge in [0, 0.05) is 13.0 Å². The van der Waals surface area contributed by atoms with Crippen molar-refractivity contribution in [3.63, 3.8) is 0 Å². The average Bonchev–Trinajstić information content (AvgIpc) is 2.67. The lowest BCUT2D eigenvalue weighted by Gasteiger charge is -2.23. The van der Waals surface area contributed by atoms with E-state index in [9.17, 15) is 9.18 Å². The largest absolute Gasteiger partial charge is 0.349 e. The zero-order valence-corrected chi connectivity index (χ0v) is 12.1. The molecule has 2 rings (SSSR count). The van der Waals surface area contributed by atoms with Crippen LogP contribution < -0.4 is 5.32 Å². The summed E-state index contributed by atoms with van der Waals surface area (Å²) in [5, 5.41) is 2.02. The molecular formula is C14H20FN2OS+. The number of amides is 1. The number of nitrogens with zero attached hydrogens (tertiary/aromatic N) is 1. The maximum atomic E-state index is 13.3. The van der Waals surface area contributed by atoms with Crippen LogP contribution in [0.3, 0.4) is 0 Å². The fourth-order valence-corrected chi connectivity index (χ4v) is 3.58. The van der Waals surface area contributed by atoms with Gasteiger partial charge in [-0.15, -0.1) is 11.8 Å². The lowest BCUT2D eigenvalue weighted by atomic mass is 10.2. The van der Waals surface area contributed by atoms with E-state index in [0.29, 0.717) is 0 Å². The summed E-state index contributed by atoms with van der Waals surface area (Å²) in [5.41, 5.74) is 0.878. The molecule has 0 aromatic heterocycles. The Balaban J connectivity index is 2.15. The molecule has 2 atom stereocenters. The first-order valence-corrected chi connectivity index (χ1v) is 7.57. The fraction of sp³-hybridized carbons (Fsp3) is 0.500. The Labute approximate surface area is 117 Å². The van der Waals surface area contributed by atoms with Crippen LogP contribution in [0.25, 0.3) is 0 Å². The molecule has 1 aromatic rings. The molecule has 0 spiro atoms. The highest BCUT2D eigenvalue weighted by molar-refractivity contribution is 8.01. The summed E-state index contributed by atoms with van der Waals surface area (Å²) in [7, 11) is 2.02. The van der Waals surface area contributed by atoms with Crippen LogP contribution in [-0.4, -0.2) is 36.2 Å². The number of hydrogen-bond acceptors (Lipinski definition) is 2. The molecule has 1 saturated heterocycles. The van der Waals surface area contributed by atoms with E-state index < -0.39 is 0 Å². The van der Waals surface area contributed by atoms with Crippen LogP contribution in [0.4, 0.5) is 4.39 Å². The molecule has 0 unspecified atom stereocenters. The van der Waals surface area contributed by atoms with Crippen molar-refractivity contribution in [1.82, 2.24) is 4.90 Å². The number of nitrogens with two attached hydrogens (primary N) is 1. The Bertz CT molecular complexity index is 455. The summed E-state index contributed by atoms with van der Waals surface area (Å²) in [5.74, 6) is -0.0812. The predicted octanol–water partition coefficient (Wildman–Crippen LogP) is 1.37. The molecule has 0 saturated carbocycles. The van der Waals surface area contributed by atoms with Gasteiger partial charge in [0.2, 0.25) is 5.91 Å². The summed E-state index contributed by atoms with van der Waals surface area (Å²) in [6.45, 7) is 3.66. The summed E-state index contributed by atoms with van der Waals surface area (Å²) < 4.78 is 13.3. The molecule has 19 heavy (non-hydrogen) atoms. The van der Waals surface area contributed by atoms with E-state index in [1.165, 1.54) is 12.1 Å². The number of carbonyl (C=O) groups excluding carboxylic acids is 1. The Morgan fingerprint density at radius 2 is 2.26 bits per heavy atom. The second kappa shape index (κ2) is 6.39. The van der Waals surface area contributed by atoms with Gasteiger partial charge in [-0.25, -0.2) is 4.39 Å². The van der Waals surface area contributed by atoms with Crippen molar-refractivity contribution in [2.24, 2.45) is 0 Å². The first kappa shape index (κ1) is 14.3. The van der Waals surface area contributed by atoms with Gasteiger partial charge in [-0.1, -0.05) is 12.1 Å². The zero-order valence-electron chi connectivity index (χ0n) is 11.3. The quantitative estimate of drug-likeness (QED) is 0.829. The molecular weight excluding hydrogens is 263 g/mol. The van der Waals surface area contributed by atoms with Gasteiger partial charge in [0.25, 0.3) is 0 Å². The standard InChI is InChI=1S/C14H19FN2OS/c1-10-13(18)17(8-4-7-16-2)14(19-10)11-5-3-6-12(15)9-11/h3,5-6,9-10,14,16H,4,7-8H2,1-2H3/p+1/t10-,14+/m1/s1. The molecule has 0 radical (unpaired) electrons. The molecule has 0 bridgehead atoms. The number of carbonyl (C=O) groups is 1. The normalized spacial score (nSPS) is 23.1. The Kier molecular flexibility index (Phi) is 4.82. The molecule has 1 aliphatic rings. The topological polar surface area (TPSA) is 36.9 Å². The SMILES string of the molecule is C[NH2+]CCCN1C(=O)[C@@H](C)S[C@H]1c1cccc(F)c1. The van der Waals surface area contributed by atoms with Crippen LogP contribution >= 0.6 is 11.8 Å². The van der Waals surface area contributed by atoms with Crippen molar-refractivity contribution in [1.29, 1.82) is 0 Å². The third-order valence-corrected chi connectivity index (χ3v) is 4.67. The number of rotatable bonds is 5. The van der Waals surface area contributed by atoms with Gasteiger partial charge in [-0.2, -0.15) is 0 Å². The minimum atomic E-state index is -0.244. The molecule has 1 amide bonds. The third kappa shape index (κ3) is 3.28. The van der Waals surface area contributed by atoms with Crippen LogP contribution in [0.15, 0.2) is 24.3 Å². The Hall–Kier alpha value is -1.07. The van der Waals surface area contributed by atoms with Gasteiger partial charge < -0.3 is 10.2 Å². The van der Waals surface area contributed by atoms with Gasteiger partial charge in [-0.3, -0.25) is 4.79 Å². The highest BCUT2D eigenvalue weighted by Gasteiger charge is 2.38. The first-order chi connectivity index (χ1) is 9.13. The monoisotopic (exact) mass is 283 g/mol. The van der Waals surface area contributed by atoms with Crippen molar-refractivity contribution in [3.8, 4) is 0 Å². The number of benzene rings is 1. The van der Waals surface area contributed by atoms with Crippen molar-refractivity contribution in [2.75, 3.05) is 20.1 Å². The van der Waals surface area contributed by atoms with Crippen LogP contribution in [0.1, 0.15) is 24.3 Å². The molecule has 1 fully saturated rings. The van der Waals surface area contributed by atoms with E-state index in [-0.39, 0.29) is 22.3 Å². The van der Waals surface area contributed by atoms with Crippen LogP contribution in [0, 0.1) is 5.82 Å². The van der Waals surface area contributed by atoms with Crippen molar-refractivity contribution in [2.45, 2.75) is 24.0 Å². The molecule has 3 nitrogen and oxygen atoms in total. The summed E-state index contributed by atoms with van der Waals surface area (Å²) in [4.78, 5) is 14.1. The minimum absolute atomic E-state index is 0.0427. The fourth-order valence-electron chi connectivity index (χ4n) is 2.29. The van der Waals surface area contributed by atoms with Gasteiger partial charge in [0.05, 0.1) is 18.8 Å². The second-order valence-corrected chi connectivity index (χ2v) is 6.19. The maximum Gasteiger partial charge on any atom is 0.236 e. The van der Waals surface area contributed by atoms with E-state index in [0.717, 1.165) is 25.1 Å². The number of thioether (sulfide) groups is 1. The van der Waals surface area contributed by atoms with Crippen LogP contribution in [0.2, 0.25) is 0 Å². The van der Waals surface area contributed by atoms with E-state index in [4.69, 9.17) is 0 Å². The smallest absolute Gasteiger partial charge is 0.236 e. The van der Waals surface area contributed by atoms with E-state index >= 15 is 0 Å². The molecule has 0 aliphatic carbocycles. The third-order valence-electron chi connectivity index (χ3n) is 3.27. The highest BCUT2D eigenvalue weighted by atomic mass is 32.2. The summed E-state index contributed by atoms with van der Waals surface area (Å²) >= 11 is 1.60. The first-order valence-electron chi connectivity index (χ1n) is 6.62. The maximum absolute atomic E-state index is 13.3. The van der Waals surface area contributed by atoms with Crippen molar-refractivity contribution < 1.29 is 14.5 Å². The number of halogens is 1. The molecule has 1 aromatic carbocycles. The zero-order chi connectivity index (χ0) is 13.8. The van der Waals surface area contributed by atoms with Gasteiger partial charge in [-0.05, 0) is 24.6 Å². The van der Waals surface area contributed by atoms with E-state index in [1.54, 1.807) is 17.8 Å². The highest BCUT2D eigenvalue weighted by Crippen LogP contribution is 2.42. The molecule has 1 aliphatic heterocycles. The van der Waals surface area contributed by atoms with Gasteiger partial charge in [0.15, 0.2) is 0 Å². The molecule has 5 heteroatoms. The van der Waals surface area contributed by atoms with Crippen LogP contribution in [0.5, 0.6) is 0 Å². The predicted molar refractivity (Wildman–Crippen MR) is 75.2 cm³/mol. The Morgan fingerprint density at radius 3 is 2.95 bits per heavy atom. The molecule has 2 N–H and O–H groups in total. The average molecular weight is 283 g/mol. The Morgan fingerprint density at radius 1 is 1.47 bits per heavy atom. The van der Waals surface area contributed by atoms with Crippen molar-refractivity contribution >= 4 is 17.7 Å². The second-order valence-electron chi connectivity index (χ2n) is 4.77. The van der Waals surface area contributed by atoms with Crippen molar-refractivity contribution in [3.05, 3.63) is 35.6 Å². The number of hydrogen-bond donors (Lipinski definition) is 1. The van der Waals surface area contributed by atoms with E-state index in [2.05, 4.69) is 5.32 Å². The lowest BCUT2D eigenvalue weighted by molar-refractivity contribution is -0.627. The van der Waals surface area contributed by atoms with Gasteiger partial charge in [0.1, 0.15) is 11.2 Å².